The maximum atomic E-state index is 12.6. The van der Waals surface area contributed by atoms with Crippen molar-refractivity contribution in [1.82, 2.24) is 4.98 Å². The number of methoxy groups -OCH3 is 1. The first-order valence-electron chi connectivity index (χ1n) is 6.72. The second kappa shape index (κ2) is 6.26. The number of aromatic amines is 1. The maximum Gasteiger partial charge on any atom is 0.261 e. The van der Waals surface area contributed by atoms with Crippen LogP contribution in [0.25, 0.3) is 0 Å². The molecule has 3 N–H and O–H groups in total. The first-order chi connectivity index (χ1) is 10.5. The molecule has 0 saturated heterocycles. The van der Waals surface area contributed by atoms with Gasteiger partial charge >= 0.3 is 0 Å². The van der Waals surface area contributed by atoms with E-state index in [-0.39, 0.29) is 16.9 Å². The summed E-state index contributed by atoms with van der Waals surface area (Å²) in [4.78, 5) is 38.2. The molecule has 2 aromatic rings. The van der Waals surface area contributed by atoms with Crippen molar-refractivity contribution in [2.75, 3.05) is 7.11 Å². The molecule has 0 saturated carbocycles. The van der Waals surface area contributed by atoms with Crippen LogP contribution in [0.1, 0.15) is 38.9 Å². The lowest BCUT2D eigenvalue weighted by atomic mass is 9.99. The molecule has 22 heavy (non-hydrogen) atoms. The predicted octanol–water partition coefficient (Wildman–Crippen LogP) is 1.28. The summed E-state index contributed by atoms with van der Waals surface area (Å²) >= 11 is 0. The molecule has 1 heterocycles. The minimum atomic E-state index is -0.868. The smallest absolute Gasteiger partial charge is 0.261 e. The van der Waals surface area contributed by atoms with Crippen LogP contribution in [0.4, 0.5) is 0 Å². The van der Waals surface area contributed by atoms with Crippen LogP contribution in [-0.2, 0) is 6.42 Å². The lowest BCUT2D eigenvalue weighted by Gasteiger charge is -2.09. The van der Waals surface area contributed by atoms with Gasteiger partial charge in [-0.15, -0.1) is 0 Å². The maximum absolute atomic E-state index is 12.6. The average Bonchev–Trinajstić information content (AvgIpc) is 2.53. The van der Waals surface area contributed by atoms with Gasteiger partial charge in [-0.1, -0.05) is 6.92 Å². The molecular weight excluding hydrogens is 284 g/mol. The Bertz CT molecular complexity index is 776. The van der Waals surface area contributed by atoms with Gasteiger partial charge in [-0.25, -0.2) is 0 Å². The van der Waals surface area contributed by atoms with Crippen LogP contribution < -0.4 is 16.0 Å². The van der Waals surface area contributed by atoms with Gasteiger partial charge in [-0.3, -0.25) is 14.4 Å². The molecule has 1 amide bonds. The number of carbonyl (C=O) groups excluding carboxylic acids is 2. The number of ketones is 1. The van der Waals surface area contributed by atoms with Crippen LogP contribution in [-0.4, -0.2) is 23.8 Å². The van der Waals surface area contributed by atoms with E-state index in [0.717, 1.165) is 0 Å². The van der Waals surface area contributed by atoms with Crippen molar-refractivity contribution in [2.24, 2.45) is 5.73 Å². The molecule has 6 heteroatoms. The third-order valence-electron chi connectivity index (χ3n) is 3.34. The molecular formula is C16H16N2O4. The lowest BCUT2D eigenvalue weighted by Crippen LogP contribution is -2.26. The van der Waals surface area contributed by atoms with Crippen molar-refractivity contribution in [1.29, 1.82) is 0 Å². The van der Waals surface area contributed by atoms with Gasteiger partial charge < -0.3 is 15.5 Å². The van der Waals surface area contributed by atoms with E-state index in [0.29, 0.717) is 23.4 Å². The number of carbonyl (C=O) groups is 2. The van der Waals surface area contributed by atoms with Crippen LogP contribution in [0.2, 0.25) is 0 Å². The number of amides is 1. The van der Waals surface area contributed by atoms with E-state index in [1.165, 1.54) is 13.2 Å². The van der Waals surface area contributed by atoms with Gasteiger partial charge in [-0.05, 0) is 36.8 Å². The van der Waals surface area contributed by atoms with Gasteiger partial charge in [0.05, 0.1) is 7.11 Å². The van der Waals surface area contributed by atoms with Gasteiger partial charge in [0.2, 0.25) is 0 Å². The Hall–Kier alpha value is -2.89. The SMILES string of the molecule is CCc1[nH]c(=O)c(C(N)=O)cc1C(=O)c1ccc(OC)cc1. The van der Waals surface area contributed by atoms with Gasteiger partial charge in [0, 0.05) is 16.8 Å². The second-order valence-corrected chi connectivity index (χ2v) is 4.68. The number of primary amides is 1. The number of ether oxygens (including phenoxy) is 1. The summed E-state index contributed by atoms with van der Waals surface area (Å²) in [6.07, 6.45) is 0.450. The highest BCUT2D eigenvalue weighted by Gasteiger charge is 2.18. The molecule has 0 atom stereocenters. The quantitative estimate of drug-likeness (QED) is 0.812. The van der Waals surface area contributed by atoms with Crippen LogP contribution in [0, 0.1) is 0 Å². The minimum Gasteiger partial charge on any atom is -0.497 e. The zero-order valence-electron chi connectivity index (χ0n) is 12.3. The molecule has 0 unspecified atom stereocenters. The standard InChI is InChI=1S/C16H16N2O4/c1-3-13-11(8-12(15(17)20)16(21)18-13)14(19)9-4-6-10(22-2)7-5-9/h4-8H,3H2,1-2H3,(H2,17,20)(H,18,21). The summed E-state index contributed by atoms with van der Waals surface area (Å²) in [5, 5.41) is 0. The van der Waals surface area contributed by atoms with Crippen molar-refractivity contribution in [3.63, 3.8) is 0 Å². The molecule has 114 valence electrons. The summed E-state index contributed by atoms with van der Waals surface area (Å²) in [5.41, 5.74) is 5.51. The molecule has 2 rings (SSSR count). The predicted molar refractivity (Wildman–Crippen MR) is 81.4 cm³/mol. The van der Waals surface area contributed by atoms with Gasteiger partial charge in [0.25, 0.3) is 11.5 Å². The molecule has 1 aromatic heterocycles. The molecule has 0 aliphatic rings. The number of aromatic nitrogens is 1. The molecule has 0 aliphatic carbocycles. The molecule has 1 aromatic carbocycles. The van der Waals surface area contributed by atoms with Crippen molar-refractivity contribution in [3.8, 4) is 5.75 Å². The Balaban J connectivity index is 2.53. The van der Waals surface area contributed by atoms with Crippen LogP contribution in [0.5, 0.6) is 5.75 Å². The number of pyridine rings is 1. The Morgan fingerprint density at radius 1 is 1.18 bits per heavy atom. The summed E-state index contributed by atoms with van der Waals surface area (Å²) in [5.74, 6) is -0.530. The monoisotopic (exact) mass is 300 g/mol. The van der Waals surface area contributed by atoms with E-state index in [4.69, 9.17) is 10.5 Å². The largest absolute Gasteiger partial charge is 0.497 e. The van der Waals surface area contributed by atoms with Crippen molar-refractivity contribution < 1.29 is 14.3 Å². The summed E-state index contributed by atoms with van der Waals surface area (Å²) in [6.45, 7) is 1.81. The van der Waals surface area contributed by atoms with Gasteiger partial charge in [0.1, 0.15) is 11.3 Å². The van der Waals surface area contributed by atoms with E-state index in [2.05, 4.69) is 4.98 Å². The Morgan fingerprint density at radius 2 is 1.82 bits per heavy atom. The third-order valence-corrected chi connectivity index (χ3v) is 3.34. The highest BCUT2D eigenvalue weighted by molar-refractivity contribution is 6.10. The number of benzene rings is 1. The molecule has 0 spiro atoms. The summed E-state index contributed by atoms with van der Waals surface area (Å²) in [7, 11) is 1.53. The van der Waals surface area contributed by atoms with Crippen molar-refractivity contribution >= 4 is 11.7 Å². The number of H-pyrrole nitrogens is 1. The van der Waals surface area contributed by atoms with E-state index < -0.39 is 11.5 Å². The average molecular weight is 300 g/mol. The van der Waals surface area contributed by atoms with Crippen molar-refractivity contribution in [2.45, 2.75) is 13.3 Å². The van der Waals surface area contributed by atoms with Crippen LogP contribution >= 0.6 is 0 Å². The second-order valence-electron chi connectivity index (χ2n) is 4.68. The van der Waals surface area contributed by atoms with Crippen molar-refractivity contribution in [3.05, 3.63) is 63.1 Å². The zero-order chi connectivity index (χ0) is 16.3. The Labute approximate surface area is 126 Å². The normalized spacial score (nSPS) is 10.3. The van der Waals surface area contributed by atoms with E-state index in [9.17, 15) is 14.4 Å². The molecule has 0 aliphatic heterocycles. The number of nitrogens with two attached hydrogens (primary N) is 1. The number of aryl methyl sites for hydroxylation is 1. The first-order valence-corrected chi connectivity index (χ1v) is 6.72. The van der Waals surface area contributed by atoms with E-state index in [1.807, 2.05) is 0 Å². The number of rotatable bonds is 5. The Kier molecular flexibility index (Phi) is 4.41. The summed E-state index contributed by atoms with van der Waals surface area (Å²) < 4.78 is 5.05. The fourth-order valence-electron chi connectivity index (χ4n) is 2.13. The highest BCUT2D eigenvalue weighted by Crippen LogP contribution is 2.17. The minimum absolute atomic E-state index is 0.228. The zero-order valence-corrected chi connectivity index (χ0v) is 12.3. The topological polar surface area (TPSA) is 102 Å². The Morgan fingerprint density at radius 3 is 2.32 bits per heavy atom. The van der Waals surface area contributed by atoms with Gasteiger partial charge in [-0.2, -0.15) is 0 Å². The number of nitrogens with one attached hydrogen (secondary N) is 1. The highest BCUT2D eigenvalue weighted by atomic mass is 16.5. The number of hydrogen-bond acceptors (Lipinski definition) is 4. The molecule has 0 bridgehead atoms. The lowest BCUT2D eigenvalue weighted by molar-refractivity contribution is 0.0999. The first kappa shape index (κ1) is 15.5. The third kappa shape index (κ3) is 2.90. The van der Waals surface area contributed by atoms with Crippen LogP contribution in [0.3, 0.4) is 0 Å². The number of hydrogen-bond donors (Lipinski definition) is 2. The van der Waals surface area contributed by atoms with Gasteiger partial charge in [0.15, 0.2) is 5.78 Å². The summed E-state index contributed by atoms with van der Waals surface area (Å²) in [6, 6.07) is 7.83. The van der Waals surface area contributed by atoms with Crippen LogP contribution in [0.15, 0.2) is 35.1 Å². The van der Waals surface area contributed by atoms with E-state index >= 15 is 0 Å². The fraction of sp³-hybridized carbons (Fsp3) is 0.188. The van der Waals surface area contributed by atoms with E-state index in [1.54, 1.807) is 31.2 Å². The fourth-order valence-corrected chi connectivity index (χ4v) is 2.13. The molecule has 0 fully saturated rings. The molecule has 0 radical (unpaired) electrons. The molecule has 6 nitrogen and oxygen atoms in total.